The van der Waals surface area contributed by atoms with Gasteiger partial charge in [-0.1, -0.05) is 12.8 Å². The summed E-state index contributed by atoms with van der Waals surface area (Å²) in [5.41, 5.74) is 0.0655. The molecule has 0 atom stereocenters. The fourth-order valence-corrected chi connectivity index (χ4v) is 2.08. The number of carbonyl (C=O) groups is 1. The molecule has 0 amide bonds. The predicted molar refractivity (Wildman–Crippen MR) is 56.7 cm³/mol. The van der Waals surface area contributed by atoms with Crippen molar-refractivity contribution < 1.29 is 9.90 Å². The van der Waals surface area contributed by atoms with E-state index in [1.54, 1.807) is 24.5 Å². The number of carboxylic acids is 1. The van der Waals surface area contributed by atoms with Gasteiger partial charge < -0.3 is 10.4 Å². The zero-order valence-electron chi connectivity index (χ0n) is 8.44. The number of nitrogens with one attached hydrogen (secondary N) is 1. The summed E-state index contributed by atoms with van der Waals surface area (Å²) in [6, 6.07) is 3.59. The van der Waals surface area contributed by atoms with Crippen molar-refractivity contribution in [3.8, 4) is 0 Å². The fourth-order valence-electron chi connectivity index (χ4n) is 2.08. The predicted octanol–water partition coefficient (Wildman–Crippen LogP) is 1.89. The summed E-state index contributed by atoms with van der Waals surface area (Å²) in [5, 5.41) is 12.4. The van der Waals surface area contributed by atoms with Gasteiger partial charge in [-0.2, -0.15) is 0 Å². The lowest BCUT2D eigenvalue weighted by atomic mass is 9.97. The van der Waals surface area contributed by atoms with Crippen LogP contribution < -0.4 is 5.32 Å². The molecule has 1 aromatic heterocycles. The van der Waals surface area contributed by atoms with Crippen molar-refractivity contribution in [2.24, 2.45) is 0 Å². The zero-order chi connectivity index (χ0) is 10.7. The van der Waals surface area contributed by atoms with E-state index in [-0.39, 0.29) is 0 Å². The molecule has 1 saturated carbocycles. The van der Waals surface area contributed by atoms with E-state index in [1.165, 1.54) is 0 Å². The Labute approximate surface area is 88.3 Å². The largest absolute Gasteiger partial charge is 0.480 e. The fraction of sp³-hybridized carbons (Fsp3) is 0.455. The molecule has 0 radical (unpaired) electrons. The van der Waals surface area contributed by atoms with Crippen molar-refractivity contribution in [1.82, 2.24) is 4.98 Å². The number of anilines is 1. The Balaban J connectivity index is 2.18. The second-order valence-electron chi connectivity index (χ2n) is 3.96. The minimum absolute atomic E-state index is 0.699. The van der Waals surface area contributed by atoms with Crippen molar-refractivity contribution in [2.45, 2.75) is 31.2 Å². The van der Waals surface area contributed by atoms with Crippen LogP contribution in [0.4, 0.5) is 5.69 Å². The number of aromatic nitrogens is 1. The van der Waals surface area contributed by atoms with Crippen LogP contribution in [-0.2, 0) is 4.79 Å². The van der Waals surface area contributed by atoms with Gasteiger partial charge in [0.25, 0.3) is 0 Å². The standard InChI is InChI=1S/C11H14N2O2/c14-10(15)11(5-1-2-6-11)13-9-3-7-12-8-4-9/h3-4,7-8H,1-2,5-6H2,(H,12,13)(H,14,15). The van der Waals surface area contributed by atoms with Crippen LogP contribution in [0.25, 0.3) is 0 Å². The van der Waals surface area contributed by atoms with Crippen LogP contribution in [-0.4, -0.2) is 21.6 Å². The molecule has 2 N–H and O–H groups in total. The van der Waals surface area contributed by atoms with E-state index in [0.29, 0.717) is 12.8 Å². The summed E-state index contributed by atoms with van der Waals surface area (Å²) in [4.78, 5) is 15.1. The molecule has 4 heteroatoms. The second kappa shape index (κ2) is 3.88. The molecule has 15 heavy (non-hydrogen) atoms. The summed E-state index contributed by atoms with van der Waals surface area (Å²) in [7, 11) is 0. The average Bonchev–Trinajstić information content (AvgIpc) is 2.69. The molecule has 2 rings (SSSR count). The van der Waals surface area contributed by atoms with Gasteiger partial charge in [-0.25, -0.2) is 4.79 Å². The van der Waals surface area contributed by atoms with E-state index in [4.69, 9.17) is 0 Å². The van der Waals surface area contributed by atoms with Crippen LogP contribution in [0.15, 0.2) is 24.5 Å². The molecule has 0 saturated heterocycles. The van der Waals surface area contributed by atoms with Gasteiger partial charge in [0.1, 0.15) is 5.54 Å². The minimum Gasteiger partial charge on any atom is -0.480 e. The number of pyridine rings is 1. The molecule has 0 spiro atoms. The SMILES string of the molecule is O=C(O)C1(Nc2ccncc2)CCCC1. The third-order valence-electron chi connectivity index (χ3n) is 2.93. The lowest BCUT2D eigenvalue weighted by Gasteiger charge is -2.26. The highest BCUT2D eigenvalue weighted by Gasteiger charge is 2.41. The Morgan fingerprint density at radius 2 is 1.93 bits per heavy atom. The monoisotopic (exact) mass is 206 g/mol. The van der Waals surface area contributed by atoms with Crippen LogP contribution in [0.1, 0.15) is 25.7 Å². The number of aliphatic carboxylic acids is 1. The van der Waals surface area contributed by atoms with E-state index in [1.807, 2.05) is 0 Å². The van der Waals surface area contributed by atoms with Crippen molar-refractivity contribution in [3.05, 3.63) is 24.5 Å². The first kappa shape index (κ1) is 9.96. The van der Waals surface area contributed by atoms with Crippen molar-refractivity contribution in [2.75, 3.05) is 5.32 Å². The van der Waals surface area contributed by atoms with Crippen LogP contribution in [0.2, 0.25) is 0 Å². The van der Waals surface area contributed by atoms with Crippen molar-refractivity contribution >= 4 is 11.7 Å². The lowest BCUT2D eigenvalue weighted by Crippen LogP contribution is -2.43. The Hall–Kier alpha value is -1.58. The highest BCUT2D eigenvalue weighted by atomic mass is 16.4. The number of hydrogen-bond acceptors (Lipinski definition) is 3. The van der Waals surface area contributed by atoms with Gasteiger partial charge in [-0.15, -0.1) is 0 Å². The van der Waals surface area contributed by atoms with E-state index in [9.17, 15) is 9.90 Å². The number of nitrogens with zero attached hydrogens (tertiary/aromatic N) is 1. The Morgan fingerprint density at radius 3 is 2.47 bits per heavy atom. The third kappa shape index (κ3) is 1.93. The van der Waals surface area contributed by atoms with Crippen LogP contribution in [0.5, 0.6) is 0 Å². The van der Waals surface area contributed by atoms with Crippen molar-refractivity contribution in [3.63, 3.8) is 0 Å². The van der Waals surface area contributed by atoms with Crippen LogP contribution >= 0.6 is 0 Å². The van der Waals surface area contributed by atoms with Crippen LogP contribution in [0, 0.1) is 0 Å². The maximum Gasteiger partial charge on any atom is 0.329 e. The van der Waals surface area contributed by atoms with Gasteiger partial charge in [0, 0.05) is 18.1 Å². The Bertz CT molecular complexity index is 345. The average molecular weight is 206 g/mol. The summed E-state index contributed by atoms with van der Waals surface area (Å²) in [5.74, 6) is -0.753. The van der Waals surface area contributed by atoms with Gasteiger partial charge in [-0.3, -0.25) is 4.98 Å². The topological polar surface area (TPSA) is 62.2 Å². The smallest absolute Gasteiger partial charge is 0.329 e. The van der Waals surface area contributed by atoms with E-state index in [0.717, 1.165) is 18.5 Å². The first-order valence-corrected chi connectivity index (χ1v) is 5.15. The Kier molecular flexibility index (Phi) is 2.58. The molecular weight excluding hydrogens is 192 g/mol. The lowest BCUT2D eigenvalue weighted by molar-refractivity contribution is -0.142. The first-order valence-electron chi connectivity index (χ1n) is 5.15. The molecule has 80 valence electrons. The normalized spacial score (nSPS) is 18.7. The maximum absolute atomic E-state index is 11.2. The summed E-state index contributed by atoms with van der Waals surface area (Å²) < 4.78 is 0. The van der Waals surface area contributed by atoms with Gasteiger partial charge in [-0.05, 0) is 25.0 Å². The number of carboxylic acid groups (broad SMARTS) is 1. The molecular formula is C11H14N2O2. The van der Waals surface area contributed by atoms with Gasteiger partial charge >= 0.3 is 5.97 Å². The highest BCUT2D eigenvalue weighted by molar-refractivity contribution is 5.83. The van der Waals surface area contributed by atoms with Crippen LogP contribution in [0.3, 0.4) is 0 Å². The van der Waals surface area contributed by atoms with Gasteiger partial charge in [0.05, 0.1) is 0 Å². The molecule has 1 aromatic rings. The molecule has 0 unspecified atom stereocenters. The Morgan fingerprint density at radius 1 is 1.33 bits per heavy atom. The third-order valence-corrected chi connectivity index (χ3v) is 2.93. The zero-order valence-corrected chi connectivity index (χ0v) is 8.44. The van der Waals surface area contributed by atoms with Crippen molar-refractivity contribution in [1.29, 1.82) is 0 Å². The molecule has 4 nitrogen and oxygen atoms in total. The number of hydrogen-bond donors (Lipinski definition) is 2. The summed E-state index contributed by atoms with van der Waals surface area (Å²) in [6.45, 7) is 0. The molecule has 1 heterocycles. The van der Waals surface area contributed by atoms with E-state index in [2.05, 4.69) is 10.3 Å². The van der Waals surface area contributed by atoms with Gasteiger partial charge in [0.2, 0.25) is 0 Å². The molecule has 1 aliphatic rings. The molecule has 0 aliphatic heterocycles. The molecule has 0 aromatic carbocycles. The minimum atomic E-state index is -0.763. The second-order valence-corrected chi connectivity index (χ2v) is 3.96. The molecule has 1 aliphatic carbocycles. The highest BCUT2D eigenvalue weighted by Crippen LogP contribution is 2.33. The van der Waals surface area contributed by atoms with E-state index < -0.39 is 11.5 Å². The first-order chi connectivity index (χ1) is 7.23. The maximum atomic E-state index is 11.2. The summed E-state index contributed by atoms with van der Waals surface area (Å²) in [6.07, 6.45) is 6.67. The summed E-state index contributed by atoms with van der Waals surface area (Å²) >= 11 is 0. The van der Waals surface area contributed by atoms with E-state index >= 15 is 0 Å². The number of rotatable bonds is 3. The molecule has 0 bridgehead atoms. The van der Waals surface area contributed by atoms with Gasteiger partial charge in [0.15, 0.2) is 0 Å². The molecule has 1 fully saturated rings. The quantitative estimate of drug-likeness (QED) is 0.792.